The fourth-order valence-corrected chi connectivity index (χ4v) is 4.34. The third-order valence-corrected chi connectivity index (χ3v) is 6.28. The predicted octanol–water partition coefficient (Wildman–Crippen LogP) is 4.00. The van der Waals surface area contributed by atoms with Gasteiger partial charge in [0.05, 0.1) is 10.0 Å². The minimum atomic E-state index is -0.765. The molecule has 2 heterocycles. The van der Waals surface area contributed by atoms with Crippen LogP contribution in [-0.4, -0.2) is 53.7 Å². The number of likely N-dealkylation sites (tertiary alicyclic amines) is 2. The lowest BCUT2D eigenvalue weighted by Crippen LogP contribution is -2.54. The molecule has 1 aromatic rings. The van der Waals surface area contributed by atoms with E-state index in [-0.39, 0.29) is 17.7 Å². The number of nitrogens with zero attached hydrogens (tertiary/aromatic N) is 2. The molecule has 0 aliphatic carbocycles. The van der Waals surface area contributed by atoms with Crippen molar-refractivity contribution in [2.75, 3.05) is 26.2 Å². The first-order chi connectivity index (χ1) is 12.4. The van der Waals surface area contributed by atoms with Crippen molar-refractivity contribution in [2.45, 2.75) is 45.1 Å². The van der Waals surface area contributed by atoms with Crippen LogP contribution in [0.15, 0.2) is 18.2 Å². The Hall–Kier alpha value is -1.10. The van der Waals surface area contributed by atoms with E-state index in [0.717, 1.165) is 19.6 Å². The number of amides is 1. The average Bonchev–Trinajstić information content (AvgIpc) is 3.09. The van der Waals surface area contributed by atoms with Crippen LogP contribution >= 0.6 is 23.2 Å². The molecule has 6 heteroatoms. The highest BCUT2D eigenvalue weighted by molar-refractivity contribution is 6.42. The number of hydrogen-bond donors (Lipinski definition) is 0. The summed E-state index contributed by atoms with van der Waals surface area (Å²) in [6, 6.07) is 5.17. The van der Waals surface area contributed by atoms with Crippen LogP contribution in [0.2, 0.25) is 10.0 Å². The van der Waals surface area contributed by atoms with E-state index >= 15 is 0 Å². The first-order valence-electron chi connectivity index (χ1n) is 9.39. The van der Waals surface area contributed by atoms with E-state index in [9.17, 15) is 9.59 Å². The van der Waals surface area contributed by atoms with Crippen LogP contribution in [0.1, 0.15) is 44.6 Å². The molecule has 26 heavy (non-hydrogen) atoms. The second-order valence-corrected chi connectivity index (χ2v) is 8.49. The summed E-state index contributed by atoms with van der Waals surface area (Å²) in [6.07, 6.45) is 2.84. The van der Waals surface area contributed by atoms with E-state index in [2.05, 4.69) is 18.7 Å². The number of rotatable bonds is 5. The monoisotopic (exact) mass is 396 g/mol. The van der Waals surface area contributed by atoms with Crippen molar-refractivity contribution in [3.05, 3.63) is 33.8 Å². The van der Waals surface area contributed by atoms with Crippen molar-refractivity contribution in [1.82, 2.24) is 9.80 Å². The molecule has 3 rings (SSSR count). The van der Waals surface area contributed by atoms with Gasteiger partial charge in [0, 0.05) is 25.6 Å². The zero-order valence-corrected chi connectivity index (χ0v) is 16.9. The van der Waals surface area contributed by atoms with Gasteiger partial charge < -0.3 is 9.80 Å². The van der Waals surface area contributed by atoms with Crippen LogP contribution in [0.5, 0.6) is 0 Å². The second-order valence-electron chi connectivity index (χ2n) is 7.67. The van der Waals surface area contributed by atoms with Crippen LogP contribution in [-0.2, 0) is 9.59 Å². The van der Waals surface area contributed by atoms with Gasteiger partial charge in [-0.1, -0.05) is 43.1 Å². The molecule has 1 unspecified atom stereocenters. The summed E-state index contributed by atoms with van der Waals surface area (Å²) in [5.74, 6) is -0.564. The minimum Gasteiger partial charge on any atom is -0.337 e. The summed E-state index contributed by atoms with van der Waals surface area (Å²) in [5, 5.41) is 0.802. The van der Waals surface area contributed by atoms with Crippen molar-refractivity contribution in [2.24, 2.45) is 5.92 Å². The van der Waals surface area contributed by atoms with Crippen molar-refractivity contribution in [1.29, 1.82) is 0 Å². The fourth-order valence-electron chi connectivity index (χ4n) is 4.04. The minimum absolute atomic E-state index is 0.0340. The Labute approximate surface area is 165 Å². The van der Waals surface area contributed by atoms with E-state index < -0.39 is 5.92 Å². The molecule has 0 saturated carbocycles. The van der Waals surface area contributed by atoms with Gasteiger partial charge in [-0.25, -0.2) is 0 Å². The molecular formula is C20H26Cl2N2O2. The van der Waals surface area contributed by atoms with Gasteiger partial charge in [0.1, 0.15) is 5.92 Å². The fraction of sp³-hybridized carbons (Fsp3) is 0.600. The topological polar surface area (TPSA) is 40.6 Å². The Morgan fingerprint density at radius 3 is 2.38 bits per heavy atom. The maximum absolute atomic E-state index is 13.3. The highest BCUT2D eigenvalue weighted by Crippen LogP contribution is 2.32. The van der Waals surface area contributed by atoms with E-state index in [1.165, 1.54) is 12.8 Å². The summed E-state index contributed by atoms with van der Waals surface area (Å²) < 4.78 is 0. The Morgan fingerprint density at radius 2 is 1.77 bits per heavy atom. The van der Waals surface area contributed by atoms with Crippen molar-refractivity contribution >= 4 is 34.9 Å². The molecule has 0 spiro atoms. The van der Waals surface area contributed by atoms with Crippen LogP contribution in [0.25, 0.3) is 0 Å². The number of halogens is 2. The smallest absolute Gasteiger partial charge is 0.237 e. The standard InChI is InChI=1S/C20H26Cl2N2O2/c1-13(2)17(12-23-8-3-4-9-23)24-10-7-18(25)19(20(24)26)14-5-6-15(21)16(22)11-14/h5-6,11,13,17,19H,3-4,7-10,12H2,1-2H3/t17?,19-/m0/s1. The Kier molecular flexibility index (Phi) is 6.26. The molecule has 2 saturated heterocycles. The Bertz CT molecular complexity index is 686. The molecule has 4 nitrogen and oxygen atoms in total. The van der Waals surface area contributed by atoms with Crippen LogP contribution < -0.4 is 0 Å². The number of Topliss-reactive ketones (excluding diaryl/α,β-unsaturated/α-hetero) is 1. The Morgan fingerprint density at radius 1 is 1.08 bits per heavy atom. The molecule has 2 aliphatic rings. The first-order valence-corrected chi connectivity index (χ1v) is 10.1. The molecular weight excluding hydrogens is 371 g/mol. The maximum Gasteiger partial charge on any atom is 0.237 e. The van der Waals surface area contributed by atoms with Gasteiger partial charge in [-0.15, -0.1) is 0 Å². The van der Waals surface area contributed by atoms with Gasteiger partial charge in [0.25, 0.3) is 0 Å². The van der Waals surface area contributed by atoms with Gasteiger partial charge in [0.15, 0.2) is 5.78 Å². The van der Waals surface area contributed by atoms with E-state index in [1.54, 1.807) is 18.2 Å². The largest absolute Gasteiger partial charge is 0.337 e. The zero-order chi connectivity index (χ0) is 18.8. The van der Waals surface area contributed by atoms with E-state index in [1.807, 2.05) is 4.90 Å². The highest BCUT2D eigenvalue weighted by Gasteiger charge is 2.40. The lowest BCUT2D eigenvalue weighted by molar-refractivity contribution is -0.145. The van der Waals surface area contributed by atoms with Crippen molar-refractivity contribution < 1.29 is 9.59 Å². The zero-order valence-electron chi connectivity index (χ0n) is 15.4. The SMILES string of the molecule is CC(C)C(CN1CCCC1)N1CCC(=O)[C@H](c2ccc(Cl)c(Cl)c2)C1=O. The second kappa shape index (κ2) is 8.28. The lowest BCUT2D eigenvalue weighted by Gasteiger charge is -2.41. The summed E-state index contributed by atoms with van der Waals surface area (Å²) in [4.78, 5) is 30.2. The van der Waals surface area contributed by atoms with Gasteiger partial charge in [-0.3, -0.25) is 9.59 Å². The van der Waals surface area contributed by atoms with Crippen LogP contribution in [0, 0.1) is 5.92 Å². The van der Waals surface area contributed by atoms with Crippen molar-refractivity contribution in [3.63, 3.8) is 0 Å². The van der Waals surface area contributed by atoms with E-state index in [4.69, 9.17) is 23.2 Å². The molecule has 1 aromatic carbocycles. The number of piperidine rings is 1. The number of carbonyl (C=O) groups excluding carboxylic acids is 2. The summed E-state index contributed by atoms with van der Waals surface area (Å²) in [6.45, 7) is 7.88. The summed E-state index contributed by atoms with van der Waals surface area (Å²) in [7, 11) is 0. The average molecular weight is 397 g/mol. The highest BCUT2D eigenvalue weighted by atomic mass is 35.5. The summed E-state index contributed by atoms with van der Waals surface area (Å²) in [5.41, 5.74) is 0.641. The van der Waals surface area contributed by atoms with Crippen molar-refractivity contribution in [3.8, 4) is 0 Å². The van der Waals surface area contributed by atoms with Gasteiger partial charge in [-0.2, -0.15) is 0 Å². The molecule has 0 N–H and O–H groups in total. The lowest BCUT2D eigenvalue weighted by atomic mass is 9.86. The first kappa shape index (κ1) is 19.7. The molecule has 2 fully saturated rings. The number of carbonyl (C=O) groups is 2. The third kappa shape index (κ3) is 4.08. The predicted molar refractivity (Wildman–Crippen MR) is 105 cm³/mol. The molecule has 1 amide bonds. The van der Waals surface area contributed by atoms with Gasteiger partial charge >= 0.3 is 0 Å². The Balaban J connectivity index is 1.84. The summed E-state index contributed by atoms with van der Waals surface area (Å²) >= 11 is 12.1. The van der Waals surface area contributed by atoms with Gasteiger partial charge in [-0.05, 0) is 49.5 Å². The quantitative estimate of drug-likeness (QED) is 0.706. The number of hydrogen-bond acceptors (Lipinski definition) is 3. The molecule has 0 bridgehead atoms. The molecule has 0 aromatic heterocycles. The van der Waals surface area contributed by atoms with Gasteiger partial charge in [0.2, 0.25) is 5.91 Å². The normalized spacial score (nSPS) is 23.1. The molecule has 0 radical (unpaired) electrons. The molecule has 142 valence electrons. The molecule has 2 atom stereocenters. The number of benzene rings is 1. The number of ketones is 1. The van der Waals surface area contributed by atoms with Crippen LogP contribution in [0.4, 0.5) is 0 Å². The third-order valence-electron chi connectivity index (χ3n) is 5.54. The molecule has 2 aliphatic heterocycles. The van der Waals surface area contributed by atoms with Crippen LogP contribution in [0.3, 0.4) is 0 Å². The maximum atomic E-state index is 13.3. The van der Waals surface area contributed by atoms with E-state index in [0.29, 0.717) is 34.5 Å².